The quantitative estimate of drug-likeness (QED) is 0.731. The predicted octanol–water partition coefficient (Wildman–Crippen LogP) is 2.09. The average molecular weight is 290 g/mol. The minimum atomic E-state index is 0.643. The standard InChI is InChI=1S/C11H10N6S2/c1-17(2)10-15-16-11(19-10)18-8-4-3-7-9(14-8)13-6-5-12-7/h3-6H,1-2H3. The molecule has 3 heterocycles. The lowest BCUT2D eigenvalue weighted by Crippen LogP contribution is -2.07. The molecule has 0 unspecified atom stereocenters. The van der Waals surface area contributed by atoms with Crippen molar-refractivity contribution in [2.75, 3.05) is 19.0 Å². The Balaban J connectivity index is 1.87. The van der Waals surface area contributed by atoms with Crippen molar-refractivity contribution >= 4 is 39.4 Å². The molecule has 3 rings (SSSR count). The molecule has 0 amide bonds. The van der Waals surface area contributed by atoms with Crippen molar-refractivity contribution in [2.24, 2.45) is 0 Å². The molecule has 0 N–H and O–H groups in total. The first-order valence-electron chi connectivity index (χ1n) is 5.49. The highest BCUT2D eigenvalue weighted by atomic mass is 32.2. The maximum absolute atomic E-state index is 4.44. The second kappa shape index (κ2) is 5.06. The summed E-state index contributed by atoms with van der Waals surface area (Å²) in [6.45, 7) is 0. The molecular weight excluding hydrogens is 280 g/mol. The van der Waals surface area contributed by atoms with Crippen molar-refractivity contribution in [2.45, 2.75) is 9.37 Å². The Bertz CT molecular complexity index is 711. The van der Waals surface area contributed by atoms with Crippen LogP contribution in [0.1, 0.15) is 0 Å². The molecule has 0 radical (unpaired) electrons. The zero-order valence-electron chi connectivity index (χ0n) is 10.3. The third kappa shape index (κ3) is 2.64. The van der Waals surface area contributed by atoms with Crippen LogP contribution < -0.4 is 4.90 Å². The summed E-state index contributed by atoms with van der Waals surface area (Å²) in [6.07, 6.45) is 3.30. The lowest BCUT2D eigenvalue weighted by molar-refractivity contribution is 0.971. The number of aromatic nitrogens is 5. The van der Waals surface area contributed by atoms with Gasteiger partial charge in [0.25, 0.3) is 0 Å². The van der Waals surface area contributed by atoms with E-state index in [9.17, 15) is 0 Å². The summed E-state index contributed by atoms with van der Waals surface area (Å²) < 4.78 is 0.861. The van der Waals surface area contributed by atoms with Crippen molar-refractivity contribution in [3.05, 3.63) is 24.5 Å². The molecule has 0 spiro atoms. The molecule has 0 saturated carbocycles. The summed E-state index contributed by atoms with van der Waals surface area (Å²) in [4.78, 5) is 14.8. The molecule has 0 aromatic carbocycles. The summed E-state index contributed by atoms with van der Waals surface area (Å²) in [5.74, 6) is 0. The van der Waals surface area contributed by atoms with Crippen molar-refractivity contribution in [1.82, 2.24) is 25.1 Å². The number of fused-ring (bicyclic) bond motifs is 1. The van der Waals surface area contributed by atoms with E-state index in [0.717, 1.165) is 20.0 Å². The average Bonchev–Trinajstić information content (AvgIpc) is 2.87. The number of anilines is 1. The normalized spacial score (nSPS) is 10.8. The summed E-state index contributed by atoms with van der Waals surface area (Å²) in [7, 11) is 3.89. The Labute approximate surface area is 117 Å². The van der Waals surface area contributed by atoms with Crippen LogP contribution in [-0.2, 0) is 0 Å². The minimum Gasteiger partial charge on any atom is -0.353 e. The molecule has 0 bridgehead atoms. The molecule has 0 fully saturated rings. The molecule has 0 atom stereocenters. The summed E-state index contributed by atoms with van der Waals surface area (Å²) in [6, 6.07) is 3.82. The van der Waals surface area contributed by atoms with Gasteiger partial charge < -0.3 is 4.90 Å². The van der Waals surface area contributed by atoms with E-state index in [2.05, 4.69) is 25.1 Å². The molecule has 0 saturated heterocycles. The van der Waals surface area contributed by atoms with Crippen LogP contribution in [0.3, 0.4) is 0 Å². The zero-order valence-corrected chi connectivity index (χ0v) is 11.9. The topological polar surface area (TPSA) is 67.7 Å². The number of hydrogen-bond acceptors (Lipinski definition) is 8. The third-order valence-corrected chi connectivity index (χ3v) is 4.35. The smallest absolute Gasteiger partial charge is 0.208 e. The highest BCUT2D eigenvalue weighted by Gasteiger charge is 2.09. The van der Waals surface area contributed by atoms with Crippen LogP contribution >= 0.6 is 23.1 Å². The van der Waals surface area contributed by atoms with E-state index in [1.165, 1.54) is 23.1 Å². The number of pyridine rings is 1. The van der Waals surface area contributed by atoms with Crippen LogP contribution in [0.2, 0.25) is 0 Å². The van der Waals surface area contributed by atoms with Gasteiger partial charge >= 0.3 is 0 Å². The van der Waals surface area contributed by atoms with E-state index in [1.54, 1.807) is 12.4 Å². The van der Waals surface area contributed by atoms with Gasteiger partial charge in [-0.25, -0.2) is 9.97 Å². The van der Waals surface area contributed by atoms with Crippen molar-refractivity contribution in [1.29, 1.82) is 0 Å². The van der Waals surface area contributed by atoms with Crippen molar-refractivity contribution in [3.63, 3.8) is 0 Å². The second-order valence-electron chi connectivity index (χ2n) is 3.90. The Morgan fingerprint density at radius 3 is 2.74 bits per heavy atom. The van der Waals surface area contributed by atoms with Gasteiger partial charge in [-0.2, -0.15) is 0 Å². The van der Waals surface area contributed by atoms with Gasteiger partial charge in [0.1, 0.15) is 10.5 Å². The predicted molar refractivity (Wildman–Crippen MR) is 75.7 cm³/mol. The van der Waals surface area contributed by atoms with Crippen LogP contribution in [0.25, 0.3) is 11.2 Å². The van der Waals surface area contributed by atoms with E-state index in [-0.39, 0.29) is 0 Å². The van der Waals surface area contributed by atoms with Gasteiger partial charge in [-0.15, -0.1) is 10.2 Å². The molecule has 3 aromatic rings. The van der Waals surface area contributed by atoms with Crippen LogP contribution in [0.4, 0.5) is 5.13 Å². The number of rotatable bonds is 3. The highest BCUT2D eigenvalue weighted by Crippen LogP contribution is 2.31. The molecule has 0 aliphatic rings. The van der Waals surface area contributed by atoms with E-state index in [4.69, 9.17) is 0 Å². The summed E-state index contributed by atoms with van der Waals surface area (Å²) in [5.41, 5.74) is 1.43. The SMILES string of the molecule is CN(C)c1nnc(Sc2ccc3nccnc3n2)s1. The Morgan fingerprint density at radius 1 is 1.11 bits per heavy atom. The first kappa shape index (κ1) is 12.2. The van der Waals surface area contributed by atoms with E-state index >= 15 is 0 Å². The Morgan fingerprint density at radius 2 is 1.95 bits per heavy atom. The monoisotopic (exact) mass is 290 g/mol. The molecular formula is C11H10N6S2. The molecule has 0 aliphatic heterocycles. The Hall–Kier alpha value is -1.80. The minimum absolute atomic E-state index is 0.643. The Kier molecular flexibility index (Phi) is 3.26. The molecule has 3 aromatic heterocycles. The third-order valence-electron chi connectivity index (χ3n) is 2.28. The van der Waals surface area contributed by atoms with Crippen LogP contribution in [-0.4, -0.2) is 39.2 Å². The number of nitrogens with zero attached hydrogens (tertiary/aromatic N) is 6. The van der Waals surface area contributed by atoms with Gasteiger partial charge in [-0.3, -0.25) is 4.98 Å². The van der Waals surface area contributed by atoms with Crippen molar-refractivity contribution < 1.29 is 0 Å². The van der Waals surface area contributed by atoms with Crippen LogP contribution in [0.5, 0.6) is 0 Å². The van der Waals surface area contributed by atoms with E-state index < -0.39 is 0 Å². The molecule has 8 heteroatoms. The van der Waals surface area contributed by atoms with Gasteiger partial charge in [-0.1, -0.05) is 11.3 Å². The summed E-state index contributed by atoms with van der Waals surface area (Å²) in [5, 5.41) is 9.94. The lowest BCUT2D eigenvalue weighted by atomic mass is 10.4. The zero-order chi connectivity index (χ0) is 13.2. The maximum atomic E-state index is 4.44. The van der Waals surface area contributed by atoms with Crippen molar-refractivity contribution in [3.8, 4) is 0 Å². The molecule has 96 valence electrons. The molecule has 0 aliphatic carbocycles. The molecule has 6 nitrogen and oxygen atoms in total. The van der Waals surface area contributed by atoms with Crippen LogP contribution in [0, 0.1) is 0 Å². The highest BCUT2D eigenvalue weighted by molar-refractivity contribution is 8.01. The first-order valence-corrected chi connectivity index (χ1v) is 7.12. The van der Waals surface area contributed by atoms with Crippen LogP contribution in [0.15, 0.2) is 33.9 Å². The van der Waals surface area contributed by atoms with E-state index in [0.29, 0.717) is 5.65 Å². The van der Waals surface area contributed by atoms with Gasteiger partial charge in [0.15, 0.2) is 9.99 Å². The van der Waals surface area contributed by atoms with Gasteiger partial charge in [0.2, 0.25) is 5.13 Å². The fourth-order valence-corrected chi connectivity index (χ4v) is 3.09. The van der Waals surface area contributed by atoms with Gasteiger partial charge in [0, 0.05) is 26.5 Å². The lowest BCUT2D eigenvalue weighted by Gasteiger charge is -2.03. The number of hydrogen-bond donors (Lipinski definition) is 0. The largest absolute Gasteiger partial charge is 0.353 e. The maximum Gasteiger partial charge on any atom is 0.208 e. The first-order chi connectivity index (χ1) is 9.22. The fraction of sp³-hybridized carbons (Fsp3) is 0.182. The van der Waals surface area contributed by atoms with Gasteiger partial charge in [0.05, 0.1) is 0 Å². The molecule has 19 heavy (non-hydrogen) atoms. The fourth-order valence-electron chi connectivity index (χ4n) is 1.41. The summed E-state index contributed by atoms with van der Waals surface area (Å²) >= 11 is 3.01. The van der Waals surface area contributed by atoms with Gasteiger partial charge in [-0.05, 0) is 23.9 Å². The van der Waals surface area contributed by atoms with E-state index in [1.807, 2.05) is 31.1 Å². The second-order valence-corrected chi connectivity index (χ2v) is 6.12.